The van der Waals surface area contributed by atoms with Crippen molar-refractivity contribution in [2.45, 2.75) is 5.16 Å². The van der Waals surface area contributed by atoms with E-state index in [0.29, 0.717) is 32.3 Å². The Morgan fingerprint density at radius 1 is 0.968 bits per heavy atom. The van der Waals surface area contributed by atoms with Crippen molar-refractivity contribution in [1.82, 2.24) is 14.8 Å². The van der Waals surface area contributed by atoms with Crippen LogP contribution in [0.15, 0.2) is 78.0 Å². The number of nitrogens with zero attached hydrogens (tertiary/aromatic N) is 3. The predicted molar refractivity (Wildman–Crippen MR) is 124 cm³/mol. The third-order valence-electron chi connectivity index (χ3n) is 4.27. The number of rotatable bonds is 6. The molecule has 1 aromatic heterocycles. The molecular formula is C22H16Cl2N4O2S. The summed E-state index contributed by atoms with van der Waals surface area (Å²) in [6.45, 7) is 0. The first-order valence-electron chi connectivity index (χ1n) is 9.19. The SMILES string of the molecule is O=C(CSc1nnc(-c2ccccc2O)n1-c1ccccc1)Nc1cc(Cl)cc(Cl)c1. The van der Waals surface area contributed by atoms with Crippen molar-refractivity contribution in [1.29, 1.82) is 0 Å². The Hall–Kier alpha value is -3.00. The van der Waals surface area contributed by atoms with Gasteiger partial charge in [-0.05, 0) is 42.5 Å². The first-order valence-corrected chi connectivity index (χ1v) is 10.9. The van der Waals surface area contributed by atoms with Gasteiger partial charge >= 0.3 is 0 Å². The highest BCUT2D eigenvalue weighted by atomic mass is 35.5. The van der Waals surface area contributed by atoms with Crippen LogP contribution < -0.4 is 5.32 Å². The van der Waals surface area contributed by atoms with E-state index in [1.807, 2.05) is 41.0 Å². The minimum absolute atomic E-state index is 0.0931. The zero-order valence-electron chi connectivity index (χ0n) is 16.0. The first-order chi connectivity index (χ1) is 15.0. The molecule has 0 saturated heterocycles. The highest BCUT2D eigenvalue weighted by Crippen LogP contribution is 2.32. The van der Waals surface area contributed by atoms with E-state index >= 15 is 0 Å². The van der Waals surface area contributed by atoms with Gasteiger partial charge in [-0.25, -0.2) is 0 Å². The summed E-state index contributed by atoms with van der Waals surface area (Å²) in [5.74, 6) is 0.429. The van der Waals surface area contributed by atoms with Crippen molar-refractivity contribution in [2.75, 3.05) is 11.1 Å². The molecular weight excluding hydrogens is 455 g/mol. The maximum absolute atomic E-state index is 12.5. The van der Waals surface area contributed by atoms with Gasteiger partial charge in [0.1, 0.15) is 5.75 Å². The van der Waals surface area contributed by atoms with Gasteiger partial charge in [-0.3, -0.25) is 9.36 Å². The molecule has 4 rings (SSSR count). The number of aromatic hydroxyl groups is 1. The molecule has 1 amide bonds. The summed E-state index contributed by atoms with van der Waals surface area (Å²) in [5, 5.41) is 23.0. The highest BCUT2D eigenvalue weighted by molar-refractivity contribution is 7.99. The molecule has 0 bridgehead atoms. The fourth-order valence-electron chi connectivity index (χ4n) is 2.96. The van der Waals surface area contributed by atoms with Crippen LogP contribution in [-0.2, 0) is 4.79 Å². The zero-order valence-corrected chi connectivity index (χ0v) is 18.3. The lowest BCUT2D eigenvalue weighted by atomic mass is 10.2. The molecule has 6 nitrogen and oxygen atoms in total. The average molecular weight is 471 g/mol. The van der Waals surface area contributed by atoms with Crippen LogP contribution in [0.3, 0.4) is 0 Å². The van der Waals surface area contributed by atoms with E-state index in [1.54, 1.807) is 36.4 Å². The normalized spacial score (nSPS) is 10.8. The topological polar surface area (TPSA) is 80.0 Å². The molecule has 0 unspecified atom stereocenters. The maximum Gasteiger partial charge on any atom is 0.234 e. The van der Waals surface area contributed by atoms with Crippen molar-refractivity contribution in [2.24, 2.45) is 0 Å². The average Bonchev–Trinajstić information content (AvgIpc) is 3.16. The summed E-state index contributed by atoms with van der Waals surface area (Å²) in [7, 11) is 0. The number of phenolic OH excluding ortho intramolecular Hbond substituents is 1. The van der Waals surface area contributed by atoms with Crippen LogP contribution in [-0.4, -0.2) is 31.5 Å². The van der Waals surface area contributed by atoms with Gasteiger partial charge in [-0.1, -0.05) is 65.3 Å². The summed E-state index contributed by atoms with van der Waals surface area (Å²) in [4.78, 5) is 12.5. The number of aromatic nitrogens is 3. The van der Waals surface area contributed by atoms with Crippen LogP contribution in [0.5, 0.6) is 5.75 Å². The Labute approximate surface area is 192 Å². The van der Waals surface area contributed by atoms with Crippen LogP contribution in [0, 0.1) is 0 Å². The molecule has 0 aliphatic heterocycles. The van der Waals surface area contributed by atoms with Crippen molar-refractivity contribution < 1.29 is 9.90 Å². The lowest BCUT2D eigenvalue weighted by Crippen LogP contribution is -2.14. The summed E-state index contributed by atoms with van der Waals surface area (Å²) in [6.07, 6.45) is 0. The predicted octanol–water partition coefficient (Wildman–Crippen LogP) is 5.68. The second kappa shape index (κ2) is 9.43. The van der Waals surface area contributed by atoms with Crippen molar-refractivity contribution in [3.05, 3.63) is 82.8 Å². The second-order valence-corrected chi connectivity index (χ2v) is 8.30. The quantitative estimate of drug-likeness (QED) is 0.354. The smallest absolute Gasteiger partial charge is 0.234 e. The van der Waals surface area contributed by atoms with Gasteiger partial charge in [-0.2, -0.15) is 0 Å². The van der Waals surface area contributed by atoms with Crippen LogP contribution >= 0.6 is 35.0 Å². The van der Waals surface area contributed by atoms with Gasteiger partial charge < -0.3 is 10.4 Å². The molecule has 0 aliphatic carbocycles. The first kappa shape index (κ1) is 21.2. The van der Waals surface area contributed by atoms with Crippen molar-refractivity contribution in [3.8, 4) is 22.8 Å². The van der Waals surface area contributed by atoms with E-state index in [9.17, 15) is 9.90 Å². The summed E-state index contributed by atoms with van der Waals surface area (Å²) >= 11 is 13.2. The number of anilines is 1. The van der Waals surface area contributed by atoms with Crippen LogP contribution in [0.2, 0.25) is 10.0 Å². The molecule has 9 heteroatoms. The lowest BCUT2D eigenvalue weighted by molar-refractivity contribution is -0.113. The van der Waals surface area contributed by atoms with Gasteiger partial charge in [0.05, 0.1) is 11.3 Å². The van der Waals surface area contributed by atoms with Gasteiger partial charge in [0.25, 0.3) is 0 Å². The number of para-hydroxylation sites is 2. The van der Waals surface area contributed by atoms with E-state index in [4.69, 9.17) is 23.2 Å². The number of thioether (sulfide) groups is 1. The number of hydrogen-bond donors (Lipinski definition) is 2. The number of nitrogens with one attached hydrogen (secondary N) is 1. The number of hydrogen-bond acceptors (Lipinski definition) is 5. The standard InChI is InChI=1S/C22H16Cl2N4O2S/c23-14-10-15(24)12-16(11-14)25-20(30)13-31-22-27-26-21(18-8-4-5-9-19(18)29)28(22)17-6-2-1-3-7-17/h1-12,29H,13H2,(H,25,30). The van der Waals surface area contributed by atoms with Crippen LogP contribution in [0.4, 0.5) is 5.69 Å². The van der Waals surface area contributed by atoms with Crippen LogP contribution in [0.1, 0.15) is 0 Å². The third-order valence-corrected chi connectivity index (χ3v) is 5.64. The number of phenols is 1. The lowest BCUT2D eigenvalue weighted by Gasteiger charge is -2.11. The van der Waals surface area contributed by atoms with Crippen LogP contribution in [0.25, 0.3) is 17.1 Å². The number of amides is 1. The third kappa shape index (κ3) is 5.02. The largest absolute Gasteiger partial charge is 0.507 e. The van der Waals surface area contributed by atoms with E-state index in [0.717, 1.165) is 5.69 Å². The molecule has 0 radical (unpaired) electrons. The zero-order chi connectivity index (χ0) is 21.8. The number of carbonyl (C=O) groups excluding carboxylic acids is 1. The molecule has 1 heterocycles. The molecule has 4 aromatic rings. The van der Waals surface area contributed by atoms with Crippen molar-refractivity contribution >= 4 is 46.6 Å². The van der Waals surface area contributed by atoms with E-state index in [2.05, 4.69) is 15.5 Å². The number of halogens is 2. The fraction of sp³-hybridized carbons (Fsp3) is 0.0455. The summed E-state index contributed by atoms with van der Waals surface area (Å²) in [6, 6.07) is 21.3. The molecule has 156 valence electrons. The Bertz CT molecular complexity index is 1210. The molecule has 0 spiro atoms. The Kier molecular flexibility index (Phi) is 6.46. The molecule has 0 atom stereocenters. The monoisotopic (exact) mass is 470 g/mol. The van der Waals surface area contributed by atoms with Gasteiger partial charge in [0.2, 0.25) is 5.91 Å². The maximum atomic E-state index is 12.5. The van der Waals surface area contributed by atoms with E-state index in [1.165, 1.54) is 11.8 Å². The van der Waals surface area contributed by atoms with Gasteiger partial charge in [0.15, 0.2) is 11.0 Å². The fourth-order valence-corrected chi connectivity index (χ4v) is 4.24. The van der Waals surface area contributed by atoms with Gasteiger partial charge in [-0.15, -0.1) is 10.2 Å². The number of carbonyl (C=O) groups is 1. The molecule has 0 saturated carbocycles. The van der Waals surface area contributed by atoms with E-state index in [-0.39, 0.29) is 17.4 Å². The molecule has 0 fully saturated rings. The Morgan fingerprint density at radius 2 is 1.65 bits per heavy atom. The molecule has 0 aliphatic rings. The summed E-state index contributed by atoms with van der Waals surface area (Å²) in [5.41, 5.74) is 1.88. The Morgan fingerprint density at radius 3 is 2.35 bits per heavy atom. The summed E-state index contributed by atoms with van der Waals surface area (Å²) < 4.78 is 1.81. The highest BCUT2D eigenvalue weighted by Gasteiger charge is 2.19. The van der Waals surface area contributed by atoms with Gasteiger partial charge in [0, 0.05) is 21.4 Å². The number of benzene rings is 3. The second-order valence-electron chi connectivity index (χ2n) is 6.49. The van der Waals surface area contributed by atoms with E-state index < -0.39 is 0 Å². The Balaban J connectivity index is 1.60. The molecule has 31 heavy (non-hydrogen) atoms. The minimum atomic E-state index is -0.241. The molecule has 3 aromatic carbocycles. The molecule has 2 N–H and O–H groups in total. The van der Waals surface area contributed by atoms with Crippen molar-refractivity contribution in [3.63, 3.8) is 0 Å². The minimum Gasteiger partial charge on any atom is -0.507 e.